The van der Waals surface area contributed by atoms with E-state index in [9.17, 15) is 0 Å². The van der Waals surface area contributed by atoms with Crippen LogP contribution in [0.4, 0.5) is 0 Å². The number of halogens is 1. The van der Waals surface area contributed by atoms with Gasteiger partial charge in [0, 0.05) is 27.3 Å². The number of rotatable bonds is 4. The van der Waals surface area contributed by atoms with E-state index in [-0.39, 0.29) is 5.41 Å². The van der Waals surface area contributed by atoms with Gasteiger partial charge in [0.2, 0.25) is 0 Å². The Morgan fingerprint density at radius 3 is 2.73 bits per heavy atom. The van der Waals surface area contributed by atoms with Crippen molar-refractivity contribution in [2.75, 3.05) is 19.8 Å². The van der Waals surface area contributed by atoms with E-state index in [1.165, 1.54) is 9.35 Å². The Morgan fingerprint density at radius 2 is 2.33 bits per heavy atom. The van der Waals surface area contributed by atoms with Crippen LogP contribution in [0, 0.1) is 0 Å². The molecule has 0 atom stereocenters. The van der Waals surface area contributed by atoms with Gasteiger partial charge in [-0.05, 0) is 22.0 Å². The van der Waals surface area contributed by atoms with Crippen LogP contribution in [0.25, 0.3) is 0 Å². The molecule has 84 valence electrons. The molecule has 2 rings (SSSR count). The quantitative estimate of drug-likeness (QED) is 0.920. The van der Waals surface area contributed by atoms with Crippen LogP contribution in [-0.4, -0.2) is 25.8 Å². The Kier molecular flexibility index (Phi) is 3.50. The van der Waals surface area contributed by atoms with Crippen LogP contribution in [0.3, 0.4) is 0 Å². The van der Waals surface area contributed by atoms with Crippen molar-refractivity contribution in [3.05, 3.63) is 20.8 Å². The summed E-state index contributed by atoms with van der Waals surface area (Å²) < 4.78 is 6.56. The van der Waals surface area contributed by atoms with Gasteiger partial charge in [0.15, 0.2) is 0 Å². The number of ether oxygens (including phenoxy) is 1. The van der Waals surface area contributed by atoms with Gasteiger partial charge in [0.1, 0.15) is 0 Å². The zero-order valence-corrected chi connectivity index (χ0v) is 11.5. The van der Waals surface area contributed by atoms with Crippen molar-refractivity contribution >= 4 is 27.3 Å². The zero-order valence-electron chi connectivity index (χ0n) is 9.05. The van der Waals surface area contributed by atoms with Gasteiger partial charge in [-0.15, -0.1) is 11.3 Å². The number of hydrogen-bond acceptors (Lipinski definition) is 3. The largest absolute Gasteiger partial charge is 0.379 e. The van der Waals surface area contributed by atoms with Crippen LogP contribution in [0.1, 0.15) is 18.7 Å². The maximum absolute atomic E-state index is 5.39. The second-order valence-electron chi connectivity index (χ2n) is 4.44. The lowest BCUT2D eigenvalue weighted by Gasteiger charge is -2.41. The summed E-state index contributed by atoms with van der Waals surface area (Å²) in [4.78, 5) is 1.42. The molecule has 1 aromatic rings. The summed E-state index contributed by atoms with van der Waals surface area (Å²) in [5.41, 5.74) is 0.223. The van der Waals surface area contributed by atoms with Crippen molar-refractivity contribution in [1.29, 1.82) is 0 Å². The Hall–Kier alpha value is 0.1000. The third kappa shape index (κ3) is 2.44. The summed E-state index contributed by atoms with van der Waals surface area (Å²) in [7, 11) is 0. The highest BCUT2D eigenvalue weighted by atomic mass is 79.9. The number of thiophene rings is 1. The first kappa shape index (κ1) is 11.6. The predicted octanol–water partition coefficient (Wildman–Crippen LogP) is 2.78. The maximum atomic E-state index is 5.39. The highest BCUT2D eigenvalue weighted by Crippen LogP contribution is 2.37. The molecular formula is C11H16BrNOS. The van der Waals surface area contributed by atoms with Crippen LogP contribution < -0.4 is 5.32 Å². The van der Waals surface area contributed by atoms with Gasteiger partial charge >= 0.3 is 0 Å². The SMILES string of the molecule is CC(C)NCC1(c2cc(Br)cs2)COC1. The summed E-state index contributed by atoms with van der Waals surface area (Å²) in [6, 6.07) is 2.75. The molecule has 0 aliphatic carbocycles. The maximum Gasteiger partial charge on any atom is 0.0638 e. The molecule has 1 saturated heterocycles. The van der Waals surface area contributed by atoms with Crippen LogP contribution in [0.2, 0.25) is 0 Å². The molecule has 1 fully saturated rings. The summed E-state index contributed by atoms with van der Waals surface area (Å²) in [6.45, 7) is 7.06. The van der Waals surface area contributed by atoms with E-state index in [4.69, 9.17) is 4.74 Å². The summed E-state index contributed by atoms with van der Waals surface area (Å²) in [5.74, 6) is 0. The molecule has 2 nitrogen and oxygen atoms in total. The highest BCUT2D eigenvalue weighted by molar-refractivity contribution is 9.10. The Balaban J connectivity index is 2.08. The topological polar surface area (TPSA) is 21.3 Å². The third-order valence-electron chi connectivity index (χ3n) is 2.70. The first-order valence-corrected chi connectivity index (χ1v) is 6.85. The lowest BCUT2D eigenvalue weighted by molar-refractivity contribution is -0.0578. The lowest BCUT2D eigenvalue weighted by Crippen LogP contribution is -2.54. The van der Waals surface area contributed by atoms with Gasteiger partial charge in [-0.2, -0.15) is 0 Å². The molecule has 2 heterocycles. The highest BCUT2D eigenvalue weighted by Gasteiger charge is 2.41. The van der Waals surface area contributed by atoms with Crippen molar-refractivity contribution in [3.63, 3.8) is 0 Å². The van der Waals surface area contributed by atoms with E-state index in [1.807, 2.05) is 11.3 Å². The van der Waals surface area contributed by atoms with Crippen molar-refractivity contribution in [1.82, 2.24) is 5.32 Å². The molecule has 0 saturated carbocycles. The molecule has 0 radical (unpaired) electrons. The van der Waals surface area contributed by atoms with E-state index in [2.05, 4.69) is 46.5 Å². The minimum absolute atomic E-state index is 0.223. The van der Waals surface area contributed by atoms with E-state index < -0.39 is 0 Å². The molecule has 0 spiro atoms. The molecule has 1 aliphatic heterocycles. The Bertz CT molecular complexity index is 333. The molecule has 1 N–H and O–H groups in total. The average Bonchev–Trinajstić information content (AvgIpc) is 2.50. The van der Waals surface area contributed by atoms with Gasteiger partial charge in [-0.3, -0.25) is 0 Å². The van der Waals surface area contributed by atoms with Gasteiger partial charge in [0.25, 0.3) is 0 Å². The fourth-order valence-corrected chi connectivity index (χ4v) is 3.27. The number of nitrogens with one attached hydrogen (secondary N) is 1. The van der Waals surface area contributed by atoms with E-state index in [1.54, 1.807) is 0 Å². The first-order chi connectivity index (χ1) is 7.12. The summed E-state index contributed by atoms with van der Waals surface area (Å²) in [6.07, 6.45) is 0. The molecule has 0 bridgehead atoms. The van der Waals surface area contributed by atoms with Gasteiger partial charge in [-0.25, -0.2) is 0 Å². The Labute approximate surface area is 103 Å². The van der Waals surface area contributed by atoms with E-state index in [0.717, 1.165) is 19.8 Å². The second-order valence-corrected chi connectivity index (χ2v) is 6.26. The molecule has 4 heteroatoms. The van der Waals surface area contributed by atoms with Gasteiger partial charge < -0.3 is 10.1 Å². The minimum Gasteiger partial charge on any atom is -0.379 e. The number of hydrogen-bond donors (Lipinski definition) is 1. The summed E-state index contributed by atoms with van der Waals surface area (Å²) in [5, 5.41) is 5.65. The first-order valence-electron chi connectivity index (χ1n) is 5.18. The third-order valence-corrected chi connectivity index (χ3v) is 4.63. The molecule has 1 aromatic heterocycles. The van der Waals surface area contributed by atoms with Crippen LogP contribution in [-0.2, 0) is 10.2 Å². The zero-order chi connectivity index (χ0) is 10.9. The van der Waals surface area contributed by atoms with Crippen LogP contribution in [0.5, 0.6) is 0 Å². The lowest BCUT2D eigenvalue weighted by atomic mass is 9.84. The fourth-order valence-electron chi connectivity index (χ4n) is 1.67. The monoisotopic (exact) mass is 289 g/mol. The second kappa shape index (κ2) is 4.53. The molecule has 0 unspecified atom stereocenters. The van der Waals surface area contributed by atoms with Crippen molar-refractivity contribution in [3.8, 4) is 0 Å². The minimum atomic E-state index is 0.223. The molecule has 1 aliphatic rings. The fraction of sp³-hybridized carbons (Fsp3) is 0.636. The molecular weight excluding hydrogens is 274 g/mol. The molecule has 15 heavy (non-hydrogen) atoms. The average molecular weight is 290 g/mol. The smallest absolute Gasteiger partial charge is 0.0638 e. The Morgan fingerprint density at radius 1 is 1.60 bits per heavy atom. The normalized spacial score (nSPS) is 19.2. The molecule has 0 aromatic carbocycles. The van der Waals surface area contributed by atoms with Gasteiger partial charge in [0.05, 0.1) is 18.6 Å². The van der Waals surface area contributed by atoms with E-state index >= 15 is 0 Å². The van der Waals surface area contributed by atoms with Crippen molar-refractivity contribution < 1.29 is 4.74 Å². The van der Waals surface area contributed by atoms with Crippen LogP contribution >= 0.6 is 27.3 Å². The standard InChI is InChI=1S/C11H16BrNOS/c1-8(2)13-5-11(6-14-7-11)10-3-9(12)4-15-10/h3-4,8,13H,5-7H2,1-2H3. The van der Waals surface area contributed by atoms with Gasteiger partial charge in [-0.1, -0.05) is 13.8 Å². The predicted molar refractivity (Wildman–Crippen MR) is 67.7 cm³/mol. The van der Waals surface area contributed by atoms with Crippen LogP contribution in [0.15, 0.2) is 15.9 Å². The summed E-state index contributed by atoms with van der Waals surface area (Å²) >= 11 is 5.32. The van der Waals surface area contributed by atoms with Crippen molar-refractivity contribution in [2.45, 2.75) is 25.3 Å². The van der Waals surface area contributed by atoms with Crippen molar-refractivity contribution in [2.24, 2.45) is 0 Å². The van der Waals surface area contributed by atoms with E-state index in [0.29, 0.717) is 6.04 Å². The molecule has 0 amide bonds.